The van der Waals surface area contributed by atoms with Crippen molar-refractivity contribution in [1.29, 1.82) is 5.26 Å². The number of nitrogens with zero attached hydrogens (tertiary/aromatic N) is 7. The molecule has 4 rings (SSSR count). The lowest BCUT2D eigenvalue weighted by Gasteiger charge is -2.37. The SMILES string of the molecule is CCOC(=O)c1nc2c(C#N)c(C)c(-c3csc(C)n3)c(N3CC(F)[C@](C)(N(C)C(=O)OC(C)(C)C)C3)n2n1. The average molecular weight is 558 g/mol. The molecular formula is C26H32FN7O4S. The van der Waals surface area contributed by atoms with E-state index in [1.165, 1.54) is 27.8 Å². The quantitative estimate of drug-likeness (QED) is 0.422. The largest absolute Gasteiger partial charge is 0.460 e. The van der Waals surface area contributed by atoms with E-state index in [9.17, 15) is 14.9 Å². The first kappa shape index (κ1) is 28.2. The Hall–Kier alpha value is -3.79. The molecule has 1 saturated heterocycles. The van der Waals surface area contributed by atoms with Crippen molar-refractivity contribution in [2.24, 2.45) is 0 Å². The van der Waals surface area contributed by atoms with Crippen molar-refractivity contribution in [3.63, 3.8) is 0 Å². The third-order valence-electron chi connectivity index (χ3n) is 6.75. The van der Waals surface area contributed by atoms with Crippen LogP contribution in [0, 0.1) is 25.2 Å². The van der Waals surface area contributed by atoms with Gasteiger partial charge in [0.15, 0.2) is 5.65 Å². The van der Waals surface area contributed by atoms with Crippen LogP contribution < -0.4 is 4.90 Å². The van der Waals surface area contributed by atoms with Gasteiger partial charge in [-0.3, -0.25) is 0 Å². The number of carbonyl (C=O) groups excluding carboxylic acids is 2. The van der Waals surface area contributed by atoms with Crippen LogP contribution >= 0.6 is 11.3 Å². The van der Waals surface area contributed by atoms with Crippen molar-refractivity contribution in [3.8, 4) is 17.3 Å². The molecule has 0 aromatic carbocycles. The normalized spacial score (nSPS) is 19.3. The average Bonchev–Trinajstić information content (AvgIpc) is 3.54. The minimum absolute atomic E-state index is 0.0784. The smallest absolute Gasteiger partial charge is 0.410 e. The molecule has 1 aliphatic heterocycles. The van der Waals surface area contributed by atoms with Gasteiger partial charge in [0.1, 0.15) is 29.2 Å². The molecule has 0 bridgehead atoms. The number of amides is 1. The number of anilines is 1. The zero-order valence-electron chi connectivity index (χ0n) is 23.3. The third-order valence-corrected chi connectivity index (χ3v) is 7.52. The van der Waals surface area contributed by atoms with Crippen molar-refractivity contribution in [3.05, 3.63) is 27.3 Å². The molecule has 0 saturated carbocycles. The number of fused-ring (bicyclic) bond motifs is 1. The van der Waals surface area contributed by atoms with Gasteiger partial charge in [-0.25, -0.2) is 19.0 Å². The van der Waals surface area contributed by atoms with E-state index in [2.05, 4.69) is 21.1 Å². The number of aryl methyl sites for hydroxylation is 1. The molecule has 0 aliphatic carbocycles. The summed E-state index contributed by atoms with van der Waals surface area (Å²) in [5, 5.41) is 17.1. The number of likely N-dealkylation sites (N-methyl/N-ethyl adjacent to an activating group) is 1. The summed E-state index contributed by atoms with van der Waals surface area (Å²) in [5.74, 6) is -0.539. The molecule has 2 atom stereocenters. The van der Waals surface area contributed by atoms with Crippen molar-refractivity contribution in [2.45, 2.75) is 65.8 Å². The minimum atomic E-state index is -1.46. The lowest BCUT2D eigenvalue weighted by Crippen LogP contribution is -2.55. The molecule has 3 aromatic heterocycles. The third kappa shape index (κ3) is 5.01. The van der Waals surface area contributed by atoms with Crippen LogP contribution in [-0.4, -0.2) is 80.6 Å². The van der Waals surface area contributed by atoms with Crippen molar-refractivity contribution < 1.29 is 23.5 Å². The van der Waals surface area contributed by atoms with Crippen LogP contribution in [-0.2, 0) is 9.47 Å². The van der Waals surface area contributed by atoms with Crippen molar-refractivity contribution >= 4 is 34.9 Å². The number of nitriles is 1. The Morgan fingerprint density at radius 3 is 2.59 bits per heavy atom. The molecule has 0 spiro atoms. The molecule has 39 heavy (non-hydrogen) atoms. The maximum absolute atomic E-state index is 15.9. The zero-order valence-corrected chi connectivity index (χ0v) is 24.1. The molecule has 0 N–H and O–H groups in total. The molecule has 3 aromatic rings. The van der Waals surface area contributed by atoms with Gasteiger partial charge in [-0.2, -0.15) is 14.8 Å². The Morgan fingerprint density at radius 1 is 1.33 bits per heavy atom. The molecule has 13 heteroatoms. The number of thiazole rings is 1. The molecular weight excluding hydrogens is 525 g/mol. The first-order chi connectivity index (χ1) is 18.2. The number of halogens is 1. The van der Waals surface area contributed by atoms with Crippen LogP contribution in [0.1, 0.15) is 61.4 Å². The number of hydrogen-bond donors (Lipinski definition) is 0. The van der Waals surface area contributed by atoms with E-state index in [1.807, 2.05) is 12.3 Å². The summed E-state index contributed by atoms with van der Waals surface area (Å²) in [7, 11) is 1.52. The van der Waals surface area contributed by atoms with E-state index < -0.39 is 29.4 Å². The second-order valence-electron chi connectivity index (χ2n) is 10.7. The summed E-state index contributed by atoms with van der Waals surface area (Å²) in [4.78, 5) is 37.5. The van der Waals surface area contributed by atoms with E-state index in [1.54, 1.807) is 46.4 Å². The highest BCUT2D eigenvalue weighted by Crippen LogP contribution is 2.41. The molecule has 0 radical (unpaired) electrons. The first-order valence-corrected chi connectivity index (χ1v) is 13.4. The fourth-order valence-electron chi connectivity index (χ4n) is 4.64. The standard InChI is InChI=1S/C26H32FN7O4S/c1-9-37-23(35)20-30-21-16(10-28)14(2)19(17-12-39-15(3)29-17)22(34(21)31-20)33-11-18(27)26(7,13-33)32(8)24(36)38-25(4,5)6/h12,18H,9,11,13H2,1-8H3/t18?,26-/m1/s1. The fourth-order valence-corrected chi connectivity index (χ4v) is 5.24. The molecule has 208 valence electrons. The van der Waals surface area contributed by atoms with Gasteiger partial charge >= 0.3 is 12.1 Å². The Balaban J connectivity index is 1.92. The lowest BCUT2D eigenvalue weighted by atomic mass is 9.98. The summed E-state index contributed by atoms with van der Waals surface area (Å²) >= 11 is 1.43. The number of pyridine rings is 1. The number of carbonyl (C=O) groups is 2. The molecule has 11 nitrogen and oxygen atoms in total. The van der Waals surface area contributed by atoms with Gasteiger partial charge in [0, 0.05) is 24.5 Å². The van der Waals surface area contributed by atoms with Gasteiger partial charge in [0.25, 0.3) is 5.82 Å². The highest BCUT2D eigenvalue weighted by atomic mass is 32.1. The predicted molar refractivity (Wildman–Crippen MR) is 144 cm³/mol. The summed E-state index contributed by atoms with van der Waals surface area (Å²) in [6, 6.07) is 2.18. The van der Waals surface area contributed by atoms with Gasteiger partial charge in [-0.15, -0.1) is 16.4 Å². The number of esters is 1. The van der Waals surface area contributed by atoms with Gasteiger partial charge in [-0.1, -0.05) is 0 Å². The van der Waals surface area contributed by atoms with Gasteiger partial charge in [-0.05, 0) is 54.0 Å². The van der Waals surface area contributed by atoms with Gasteiger partial charge in [0.2, 0.25) is 0 Å². The second kappa shape index (κ2) is 10.1. The number of hydrogen-bond acceptors (Lipinski definition) is 10. The first-order valence-electron chi connectivity index (χ1n) is 12.5. The Bertz CT molecular complexity index is 1490. The topological polar surface area (TPSA) is 126 Å². The van der Waals surface area contributed by atoms with E-state index in [-0.39, 0.29) is 36.7 Å². The zero-order chi connectivity index (χ0) is 28.9. The van der Waals surface area contributed by atoms with E-state index in [0.29, 0.717) is 22.6 Å². The molecule has 1 unspecified atom stereocenters. The molecule has 1 amide bonds. The summed E-state index contributed by atoms with van der Waals surface area (Å²) in [6.45, 7) is 12.3. The summed E-state index contributed by atoms with van der Waals surface area (Å²) in [6.07, 6.45) is -2.10. The summed E-state index contributed by atoms with van der Waals surface area (Å²) < 4.78 is 27.9. The fraction of sp³-hybridized carbons (Fsp3) is 0.538. The Kier molecular flexibility index (Phi) is 7.29. The maximum atomic E-state index is 15.9. The Labute approximate surface area is 230 Å². The number of aromatic nitrogens is 4. The minimum Gasteiger partial charge on any atom is -0.460 e. The van der Waals surface area contributed by atoms with Crippen LogP contribution in [0.15, 0.2) is 5.38 Å². The van der Waals surface area contributed by atoms with Crippen molar-refractivity contribution in [2.75, 3.05) is 31.6 Å². The van der Waals surface area contributed by atoms with Crippen LogP contribution in [0.25, 0.3) is 16.9 Å². The second-order valence-corrected chi connectivity index (χ2v) is 11.8. The number of ether oxygens (including phenoxy) is 2. The van der Waals surface area contributed by atoms with Crippen LogP contribution in [0.2, 0.25) is 0 Å². The highest BCUT2D eigenvalue weighted by Gasteiger charge is 2.50. The molecule has 4 heterocycles. The van der Waals surface area contributed by atoms with Gasteiger partial charge < -0.3 is 19.3 Å². The molecule has 1 aliphatic rings. The predicted octanol–water partition coefficient (Wildman–Crippen LogP) is 4.30. The van der Waals surface area contributed by atoms with E-state index >= 15 is 4.39 Å². The Morgan fingerprint density at radius 2 is 2.03 bits per heavy atom. The van der Waals surface area contributed by atoms with Crippen LogP contribution in [0.3, 0.4) is 0 Å². The van der Waals surface area contributed by atoms with E-state index in [0.717, 1.165) is 5.01 Å². The van der Waals surface area contributed by atoms with Gasteiger partial charge in [0.05, 0.1) is 29.4 Å². The highest BCUT2D eigenvalue weighted by molar-refractivity contribution is 7.09. The monoisotopic (exact) mass is 557 g/mol. The van der Waals surface area contributed by atoms with E-state index in [4.69, 9.17) is 9.47 Å². The number of alkyl halides is 1. The maximum Gasteiger partial charge on any atom is 0.410 e. The van der Waals surface area contributed by atoms with Crippen LogP contribution in [0.5, 0.6) is 0 Å². The summed E-state index contributed by atoms with van der Waals surface area (Å²) in [5.41, 5.74) is 0.0809. The number of rotatable bonds is 5. The lowest BCUT2D eigenvalue weighted by molar-refractivity contribution is -0.000194. The molecule has 1 fully saturated rings. The van der Waals surface area contributed by atoms with Crippen LogP contribution in [0.4, 0.5) is 15.0 Å². The van der Waals surface area contributed by atoms with Crippen molar-refractivity contribution in [1.82, 2.24) is 24.5 Å².